The molecular formula is C12H11ClN4S2. The van der Waals surface area contributed by atoms with E-state index in [-0.39, 0.29) is 5.28 Å². The first-order chi connectivity index (χ1) is 9.13. The van der Waals surface area contributed by atoms with Gasteiger partial charge in [0.05, 0.1) is 23.1 Å². The smallest absolute Gasteiger partial charge is 0.225 e. The molecule has 0 aromatic carbocycles. The molecule has 0 unspecified atom stereocenters. The number of halogens is 1. The van der Waals surface area contributed by atoms with Crippen molar-refractivity contribution in [2.75, 3.05) is 5.32 Å². The van der Waals surface area contributed by atoms with Crippen LogP contribution in [0.1, 0.15) is 15.4 Å². The first-order valence-corrected chi connectivity index (χ1v) is 7.77. The number of hydrogen-bond acceptors (Lipinski definition) is 6. The van der Waals surface area contributed by atoms with E-state index in [9.17, 15) is 0 Å². The van der Waals surface area contributed by atoms with E-state index in [2.05, 4.69) is 33.3 Å². The number of fused-ring (bicyclic) bond motifs is 1. The summed E-state index contributed by atoms with van der Waals surface area (Å²) in [6, 6.07) is 2.08. The van der Waals surface area contributed by atoms with Crippen molar-refractivity contribution in [1.29, 1.82) is 0 Å². The zero-order valence-corrected chi connectivity index (χ0v) is 12.8. The van der Waals surface area contributed by atoms with Crippen molar-refractivity contribution in [3.8, 4) is 0 Å². The Labute approximate surface area is 123 Å². The molecule has 0 fully saturated rings. The highest BCUT2D eigenvalue weighted by molar-refractivity contribution is 7.18. The Morgan fingerprint density at radius 3 is 2.89 bits per heavy atom. The van der Waals surface area contributed by atoms with E-state index in [0.717, 1.165) is 21.7 Å². The molecule has 3 aromatic rings. The van der Waals surface area contributed by atoms with Crippen molar-refractivity contribution >= 4 is 50.3 Å². The van der Waals surface area contributed by atoms with E-state index >= 15 is 0 Å². The summed E-state index contributed by atoms with van der Waals surface area (Å²) in [4.78, 5) is 16.1. The summed E-state index contributed by atoms with van der Waals surface area (Å²) in [6.45, 7) is 4.76. The molecule has 0 atom stereocenters. The van der Waals surface area contributed by atoms with Crippen molar-refractivity contribution in [2.24, 2.45) is 0 Å². The topological polar surface area (TPSA) is 50.7 Å². The zero-order chi connectivity index (χ0) is 13.4. The minimum atomic E-state index is 0.276. The van der Waals surface area contributed by atoms with Gasteiger partial charge in [-0.25, -0.2) is 15.0 Å². The van der Waals surface area contributed by atoms with E-state index in [1.807, 2.05) is 12.4 Å². The monoisotopic (exact) mass is 310 g/mol. The Hall–Kier alpha value is -1.24. The lowest BCUT2D eigenvalue weighted by atomic mass is 10.3. The summed E-state index contributed by atoms with van der Waals surface area (Å²) in [5.41, 5.74) is 2.90. The molecule has 3 rings (SSSR count). The van der Waals surface area contributed by atoms with E-state index in [1.54, 1.807) is 22.7 Å². The van der Waals surface area contributed by atoms with Crippen LogP contribution in [0.15, 0.2) is 11.6 Å². The van der Waals surface area contributed by atoms with Crippen LogP contribution < -0.4 is 5.32 Å². The fraction of sp³-hybridized carbons (Fsp3) is 0.250. The van der Waals surface area contributed by atoms with Gasteiger partial charge in [-0.2, -0.15) is 0 Å². The molecule has 7 heteroatoms. The first-order valence-electron chi connectivity index (χ1n) is 5.70. The Morgan fingerprint density at radius 2 is 2.16 bits per heavy atom. The number of anilines is 1. The predicted molar refractivity (Wildman–Crippen MR) is 81.3 cm³/mol. The fourth-order valence-electron chi connectivity index (χ4n) is 1.81. The highest BCUT2D eigenvalue weighted by Crippen LogP contribution is 2.30. The second kappa shape index (κ2) is 5.03. The summed E-state index contributed by atoms with van der Waals surface area (Å²) in [6.07, 6.45) is 0. The second-order valence-corrected chi connectivity index (χ2v) is 6.64. The van der Waals surface area contributed by atoms with E-state index in [0.29, 0.717) is 6.54 Å². The number of nitrogens with zero attached hydrogens (tertiary/aromatic N) is 3. The molecule has 19 heavy (non-hydrogen) atoms. The molecule has 4 nitrogen and oxygen atoms in total. The standard InChI is InChI=1S/C12H11ClN4S2/c1-6-3-8-10(16-12(13)17-11(8)19-6)14-4-9-7(2)15-5-18-9/h3,5H,4H2,1-2H3,(H,14,16,17). The van der Waals surface area contributed by atoms with Gasteiger partial charge in [-0.05, 0) is 31.5 Å². The predicted octanol–water partition coefficient (Wildman–Crippen LogP) is 4.03. The van der Waals surface area contributed by atoms with Crippen molar-refractivity contribution in [2.45, 2.75) is 20.4 Å². The van der Waals surface area contributed by atoms with Crippen LogP contribution >= 0.6 is 34.3 Å². The number of aromatic nitrogens is 3. The normalized spacial score (nSPS) is 11.1. The van der Waals surface area contributed by atoms with E-state index in [4.69, 9.17) is 11.6 Å². The van der Waals surface area contributed by atoms with Gasteiger partial charge in [0.15, 0.2) is 0 Å². The highest BCUT2D eigenvalue weighted by Gasteiger charge is 2.10. The quantitative estimate of drug-likeness (QED) is 0.742. The number of thiazole rings is 1. The number of aryl methyl sites for hydroxylation is 2. The third kappa shape index (κ3) is 2.56. The molecule has 3 heterocycles. The van der Waals surface area contributed by atoms with Crippen LogP contribution in [0.5, 0.6) is 0 Å². The average Bonchev–Trinajstić information content (AvgIpc) is 2.91. The van der Waals surface area contributed by atoms with Crippen LogP contribution in [0.25, 0.3) is 10.2 Å². The van der Waals surface area contributed by atoms with Gasteiger partial charge >= 0.3 is 0 Å². The molecule has 0 spiro atoms. The van der Waals surface area contributed by atoms with Crippen molar-refractivity contribution in [1.82, 2.24) is 15.0 Å². The number of rotatable bonds is 3. The summed E-state index contributed by atoms with van der Waals surface area (Å²) >= 11 is 9.22. The maximum Gasteiger partial charge on any atom is 0.225 e. The van der Waals surface area contributed by atoms with Crippen LogP contribution in [0.3, 0.4) is 0 Å². The van der Waals surface area contributed by atoms with Gasteiger partial charge < -0.3 is 5.32 Å². The average molecular weight is 311 g/mol. The largest absolute Gasteiger partial charge is 0.364 e. The molecule has 0 bridgehead atoms. The molecule has 0 aliphatic rings. The van der Waals surface area contributed by atoms with Gasteiger partial charge in [-0.15, -0.1) is 22.7 Å². The molecule has 1 N–H and O–H groups in total. The van der Waals surface area contributed by atoms with Gasteiger partial charge in [0.1, 0.15) is 10.6 Å². The minimum absolute atomic E-state index is 0.276. The fourth-order valence-corrected chi connectivity index (χ4v) is 3.63. The van der Waals surface area contributed by atoms with Crippen LogP contribution in [0, 0.1) is 13.8 Å². The lowest BCUT2D eigenvalue weighted by molar-refractivity contribution is 1.09. The molecular weight excluding hydrogens is 300 g/mol. The Bertz CT molecular complexity index is 734. The first kappa shape index (κ1) is 12.8. The minimum Gasteiger partial charge on any atom is -0.364 e. The number of hydrogen-bond donors (Lipinski definition) is 1. The Kier molecular flexibility index (Phi) is 3.38. The molecule has 0 aliphatic carbocycles. The van der Waals surface area contributed by atoms with Gasteiger partial charge in [0.25, 0.3) is 0 Å². The summed E-state index contributed by atoms with van der Waals surface area (Å²) in [5.74, 6) is 0.784. The SMILES string of the molecule is Cc1cc2c(NCc3scnc3C)nc(Cl)nc2s1. The van der Waals surface area contributed by atoms with Gasteiger partial charge in [-0.3, -0.25) is 0 Å². The summed E-state index contributed by atoms with van der Waals surface area (Å²) in [5, 5.41) is 4.62. The van der Waals surface area contributed by atoms with Gasteiger partial charge in [0.2, 0.25) is 5.28 Å². The molecule has 0 aliphatic heterocycles. The van der Waals surface area contributed by atoms with E-state index < -0.39 is 0 Å². The third-order valence-electron chi connectivity index (χ3n) is 2.75. The highest BCUT2D eigenvalue weighted by atomic mass is 35.5. The van der Waals surface area contributed by atoms with Gasteiger partial charge in [-0.1, -0.05) is 0 Å². The van der Waals surface area contributed by atoms with Crippen LogP contribution in [-0.4, -0.2) is 15.0 Å². The number of nitrogens with one attached hydrogen (secondary N) is 1. The molecule has 0 radical (unpaired) electrons. The maximum atomic E-state index is 5.96. The zero-order valence-electron chi connectivity index (χ0n) is 10.4. The maximum absolute atomic E-state index is 5.96. The lowest BCUT2D eigenvalue weighted by Gasteiger charge is -2.06. The van der Waals surface area contributed by atoms with Gasteiger partial charge in [0, 0.05) is 9.75 Å². The Morgan fingerprint density at radius 1 is 1.32 bits per heavy atom. The molecule has 0 amide bonds. The van der Waals surface area contributed by atoms with E-state index in [1.165, 1.54) is 9.75 Å². The second-order valence-electron chi connectivity index (χ2n) is 4.13. The third-order valence-corrected chi connectivity index (χ3v) is 4.80. The summed E-state index contributed by atoms with van der Waals surface area (Å²) < 4.78 is 0. The van der Waals surface area contributed by atoms with Crippen LogP contribution in [0.2, 0.25) is 5.28 Å². The summed E-state index contributed by atoms with van der Waals surface area (Å²) in [7, 11) is 0. The molecule has 0 saturated heterocycles. The molecule has 98 valence electrons. The van der Waals surface area contributed by atoms with Crippen LogP contribution in [-0.2, 0) is 6.54 Å². The van der Waals surface area contributed by atoms with Crippen LogP contribution in [0.4, 0.5) is 5.82 Å². The van der Waals surface area contributed by atoms with Crippen molar-refractivity contribution in [3.05, 3.63) is 32.3 Å². The number of thiophene rings is 1. The lowest BCUT2D eigenvalue weighted by Crippen LogP contribution is -2.02. The molecule has 0 saturated carbocycles. The Balaban J connectivity index is 1.94. The van der Waals surface area contributed by atoms with Crippen molar-refractivity contribution in [3.63, 3.8) is 0 Å². The molecule has 3 aromatic heterocycles. The van der Waals surface area contributed by atoms with Crippen molar-refractivity contribution < 1.29 is 0 Å².